The van der Waals surface area contributed by atoms with Crippen molar-refractivity contribution in [3.05, 3.63) is 218 Å². The Hall–Kier alpha value is -7.16. The quantitative estimate of drug-likeness (QED) is 0.131. The summed E-state index contributed by atoms with van der Waals surface area (Å²) in [4.78, 5) is 2.43. The lowest BCUT2D eigenvalue weighted by Gasteiger charge is -2.36. The first-order chi connectivity index (χ1) is 32.0. The van der Waals surface area contributed by atoms with E-state index < -0.39 is 0 Å². The van der Waals surface area contributed by atoms with Crippen molar-refractivity contribution >= 4 is 49.6 Å². The highest BCUT2D eigenvalue weighted by atomic mass is 15.1. The Morgan fingerprint density at radius 3 is 1.57 bits per heavy atom. The van der Waals surface area contributed by atoms with Gasteiger partial charge in [-0.05, 0) is 135 Å². The van der Waals surface area contributed by atoms with Crippen LogP contribution in [0.1, 0.15) is 58.4 Å². The van der Waals surface area contributed by atoms with E-state index >= 15 is 0 Å². The number of benzene rings is 9. The molecule has 1 aliphatic carbocycles. The van der Waals surface area contributed by atoms with E-state index in [9.17, 15) is 0 Å². The molecule has 0 spiro atoms. The van der Waals surface area contributed by atoms with E-state index in [1.54, 1.807) is 0 Å². The molecule has 11 rings (SSSR count). The summed E-state index contributed by atoms with van der Waals surface area (Å²) in [5.41, 5.74) is 16.0. The topological polar surface area (TPSA) is 8.17 Å². The van der Waals surface area contributed by atoms with Crippen LogP contribution in [0.25, 0.3) is 71.6 Å². The number of fused-ring (bicyclic) bond motifs is 5. The van der Waals surface area contributed by atoms with E-state index in [1.807, 2.05) is 0 Å². The smallest absolute Gasteiger partial charge is 0.0547 e. The molecule has 0 amide bonds. The molecule has 318 valence electrons. The highest BCUT2D eigenvalue weighted by molar-refractivity contribution is 6.21. The minimum absolute atomic E-state index is 0.213. The van der Waals surface area contributed by atoms with Crippen LogP contribution in [0, 0.1) is 11.8 Å². The molecule has 1 aromatic heterocycles. The summed E-state index contributed by atoms with van der Waals surface area (Å²) in [6.45, 7) is 7.34. The van der Waals surface area contributed by atoms with Gasteiger partial charge in [-0.3, -0.25) is 0 Å². The van der Waals surface area contributed by atoms with Crippen molar-refractivity contribution in [3.63, 3.8) is 0 Å². The summed E-state index contributed by atoms with van der Waals surface area (Å²) in [6, 6.07) is 78.6. The van der Waals surface area contributed by atoms with Crippen LogP contribution >= 0.6 is 0 Å². The predicted octanol–water partition coefficient (Wildman–Crippen LogP) is 17.9. The van der Waals surface area contributed by atoms with Crippen LogP contribution in [-0.2, 0) is 5.41 Å². The zero-order chi connectivity index (χ0) is 43.9. The van der Waals surface area contributed by atoms with Crippen molar-refractivity contribution in [2.75, 3.05) is 4.90 Å². The van der Waals surface area contributed by atoms with E-state index in [1.165, 1.54) is 109 Å². The summed E-state index contributed by atoms with van der Waals surface area (Å²) in [5.74, 6) is 1.47. The maximum atomic E-state index is 2.47. The van der Waals surface area contributed by atoms with Gasteiger partial charge >= 0.3 is 0 Å². The van der Waals surface area contributed by atoms with Crippen LogP contribution in [0.3, 0.4) is 0 Å². The Morgan fingerprint density at radius 1 is 0.446 bits per heavy atom. The van der Waals surface area contributed by atoms with Crippen LogP contribution in [0.15, 0.2) is 212 Å². The molecular formula is C63H56N2. The van der Waals surface area contributed by atoms with E-state index in [4.69, 9.17) is 0 Å². The molecule has 0 radical (unpaired) electrons. The molecule has 0 bridgehead atoms. The molecule has 2 nitrogen and oxygen atoms in total. The van der Waals surface area contributed by atoms with E-state index in [0.717, 1.165) is 28.9 Å². The van der Waals surface area contributed by atoms with Gasteiger partial charge in [0.1, 0.15) is 0 Å². The van der Waals surface area contributed by atoms with E-state index in [2.05, 4.69) is 243 Å². The maximum absolute atomic E-state index is 2.47. The molecule has 1 fully saturated rings. The third-order valence-corrected chi connectivity index (χ3v) is 14.6. The lowest BCUT2D eigenvalue weighted by Crippen LogP contribution is -2.28. The molecule has 9 aromatic carbocycles. The fraction of sp³-hybridized carbons (Fsp3) is 0.175. The summed E-state index contributed by atoms with van der Waals surface area (Å²) in [6.07, 6.45) is 6.35. The highest BCUT2D eigenvalue weighted by Gasteiger charge is 2.36. The fourth-order valence-electron chi connectivity index (χ4n) is 11.4. The molecule has 0 N–H and O–H groups in total. The number of anilines is 3. The number of hydrogen-bond donors (Lipinski definition) is 0. The van der Waals surface area contributed by atoms with Crippen molar-refractivity contribution in [3.8, 4) is 39.1 Å². The molecule has 1 aliphatic rings. The molecule has 2 heteroatoms. The molecule has 2 atom stereocenters. The van der Waals surface area contributed by atoms with Crippen LogP contribution in [0.2, 0.25) is 0 Å². The summed E-state index contributed by atoms with van der Waals surface area (Å²) < 4.78 is 2.46. The molecule has 0 aliphatic heterocycles. The summed E-state index contributed by atoms with van der Waals surface area (Å²) in [7, 11) is 0. The van der Waals surface area contributed by atoms with Gasteiger partial charge in [-0.2, -0.15) is 0 Å². The van der Waals surface area contributed by atoms with Gasteiger partial charge in [0.25, 0.3) is 0 Å². The van der Waals surface area contributed by atoms with Crippen molar-refractivity contribution in [2.24, 2.45) is 11.8 Å². The second kappa shape index (κ2) is 17.1. The molecule has 1 saturated carbocycles. The first-order valence-electron chi connectivity index (χ1n) is 23.7. The Kier molecular flexibility index (Phi) is 10.7. The number of hydrogen-bond acceptors (Lipinski definition) is 1. The molecule has 10 aromatic rings. The molecule has 1 heterocycles. The van der Waals surface area contributed by atoms with Gasteiger partial charge < -0.3 is 9.47 Å². The number of nitrogens with zero attached hydrogens (tertiary/aromatic N) is 2. The van der Waals surface area contributed by atoms with Crippen LogP contribution in [0.5, 0.6) is 0 Å². The minimum atomic E-state index is 0.213. The second-order valence-electron chi connectivity index (χ2n) is 18.8. The minimum Gasteiger partial charge on any atom is -0.311 e. The lowest BCUT2D eigenvalue weighted by atomic mass is 9.69. The van der Waals surface area contributed by atoms with Gasteiger partial charge in [-0.1, -0.05) is 191 Å². The monoisotopic (exact) mass is 840 g/mol. The van der Waals surface area contributed by atoms with E-state index in [-0.39, 0.29) is 5.41 Å². The Balaban J connectivity index is 1.01. The number of para-hydroxylation sites is 2. The van der Waals surface area contributed by atoms with Crippen molar-refractivity contribution < 1.29 is 0 Å². The average molecular weight is 841 g/mol. The zero-order valence-corrected chi connectivity index (χ0v) is 37.8. The Bertz CT molecular complexity index is 3250. The third kappa shape index (κ3) is 7.41. The Labute approximate surface area is 384 Å². The van der Waals surface area contributed by atoms with Gasteiger partial charge in [-0.25, -0.2) is 0 Å². The second-order valence-corrected chi connectivity index (χ2v) is 18.8. The molecule has 0 saturated heterocycles. The van der Waals surface area contributed by atoms with Gasteiger partial charge in [0.05, 0.1) is 16.7 Å². The van der Waals surface area contributed by atoms with Gasteiger partial charge in [-0.15, -0.1) is 0 Å². The number of rotatable bonds is 9. The van der Waals surface area contributed by atoms with Gasteiger partial charge in [0.2, 0.25) is 0 Å². The van der Waals surface area contributed by atoms with Gasteiger partial charge in [0.15, 0.2) is 0 Å². The summed E-state index contributed by atoms with van der Waals surface area (Å²) in [5, 5.41) is 5.12. The van der Waals surface area contributed by atoms with Crippen LogP contribution in [-0.4, -0.2) is 4.57 Å². The van der Waals surface area contributed by atoms with Gasteiger partial charge in [0, 0.05) is 33.4 Å². The standard InChI is InChI=1S/C63H56N2/c1-4-63(42-44(2)26-27-45(3)43-63)50-33-39-53(40-34-50)64(51-35-28-48(29-36-51)55-20-11-10-19-54(55)46-16-6-5-7-17-46)52-37-30-49(31-38-52)56-21-12-14-24-59(56)65-60-25-15-13-23-58(60)62-57-22-9-8-18-47(57)32-41-61(62)65/h5-25,28-41,44-45H,4,26-27,42-43H2,1-3H3/t44-,45-/m0/s1. The average Bonchev–Trinajstić information content (AvgIpc) is 3.62. The Morgan fingerprint density at radius 2 is 0.938 bits per heavy atom. The van der Waals surface area contributed by atoms with Crippen LogP contribution < -0.4 is 4.90 Å². The summed E-state index contributed by atoms with van der Waals surface area (Å²) >= 11 is 0. The van der Waals surface area contributed by atoms with Crippen molar-refractivity contribution in [1.29, 1.82) is 0 Å². The number of aromatic nitrogens is 1. The normalized spacial score (nSPS) is 16.2. The van der Waals surface area contributed by atoms with E-state index in [0.29, 0.717) is 0 Å². The SMILES string of the molecule is CCC1(c2ccc(N(c3ccc(-c4ccccc4-c4ccccc4)cc3)c3ccc(-c4ccccc4-n4c5ccccc5c5c6ccccc6ccc54)cc3)cc2)C[C@@H](C)CC[C@H](C)C1. The molecular weight excluding hydrogens is 785 g/mol. The lowest BCUT2D eigenvalue weighted by molar-refractivity contribution is 0.295. The molecule has 0 unspecified atom stereocenters. The molecule has 65 heavy (non-hydrogen) atoms. The zero-order valence-electron chi connectivity index (χ0n) is 37.8. The van der Waals surface area contributed by atoms with Crippen molar-refractivity contribution in [2.45, 2.75) is 58.3 Å². The predicted molar refractivity (Wildman–Crippen MR) is 278 cm³/mol. The van der Waals surface area contributed by atoms with Crippen molar-refractivity contribution in [1.82, 2.24) is 4.57 Å². The maximum Gasteiger partial charge on any atom is 0.0547 e. The fourth-order valence-corrected chi connectivity index (χ4v) is 11.4. The first kappa shape index (κ1) is 40.6. The highest BCUT2D eigenvalue weighted by Crippen LogP contribution is 2.47. The van der Waals surface area contributed by atoms with Crippen LogP contribution in [0.4, 0.5) is 17.1 Å². The first-order valence-corrected chi connectivity index (χ1v) is 23.7. The largest absolute Gasteiger partial charge is 0.311 e. The third-order valence-electron chi connectivity index (χ3n) is 14.6.